The normalized spacial score (nSPS) is 11.5. The summed E-state index contributed by atoms with van der Waals surface area (Å²) in [6, 6.07) is 29.9. The lowest BCUT2D eigenvalue weighted by Crippen LogP contribution is -2.10. The number of halogens is 13. The smallest absolute Gasteiger partial charge is 0.433 e. The predicted molar refractivity (Wildman–Crippen MR) is 376 cm³/mol. The van der Waals surface area contributed by atoms with Crippen molar-refractivity contribution in [2.45, 2.75) is 40.0 Å². The van der Waals surface area contributed by atoms with Crippen LogP contribution in [0.15, 0.2) is 159 Å². The largest absolute Gasteiger partial charge is 0.481 e. The molecule has 0 saturated heterocycles. The molecule has 16 rings (SSSR count). The van der Waals surface area contributed by atoms with Crippen LogP contribution >= 0.6 is 11.6 Å². The van der Waals surface area contributed by atoms with Gasteiger partial charge in [-0.05, 0) is 129 Å². The Bertz CT molecular complexity index is 6190. The molecule has 0 bridgehead atoms. The van der Waals surface area contributed by atoms with Gasteiger partial charge in [-0.15, -0.1) is 40.8 Å². The molecule has 0 atom stereocenters. The monoisotopic (exact) mass is 1520 g/mol. The molecule has 0 aliphatic rings. The summed E-state index contributed by atoms with van der Waals surface area (Å²) in [5, 5.41) is 31.0. The zero-order valence-electron chi connectivity index (χ0n) is 56.6. The third-order valence-corrected chi connectivity index (χ3v) is 16.4. The maximum atomic E-state index is 14.5. The summed E-state index contributed by atoms with van der Waals surface area (Å²) >= 11 is 5.79. The number of nitrogen functional groups attached to an aromatic ring is 4. The summed E-state index contributed by atoms with van der Waals surface area (Å²) in [4.78, 5) is 32.7. The second kappa shape index (κ2) is 29.2. The van der Waals surface area contributed by atoms with E-state index in [1.54, 1.807) is 37.3 Å². The molecule has 0 unspecified atom stereocenters. The van der Waals surface area contributed by atoms with E-state index in [9.17, 15) is 52.7 Å². The molecule has 0 aliphatic heterocycles. The fraction of sp³-hybridized carbons (Fsp3) is 0.0986. The third-order valence-electron chi connectivity index (χ3n) is 16.2. The van der Waals surface area contributed by atoms with Gasteiger partial charge in [0.1, 0.15) is 76.8 Å². The van der Waals surface area contributed by atoms with Crippen molar-refractivity contribution < 1.29 is 57.4 Å². The highest BCUT2D eigenvalue weighted by Gasteiger charge is 2.36. The number of hydrogen-bond donors (Lipinski definition) is 4. The van der Waals surface area contributed by atoms with Gasteiger partial charge in [-0.3, -0.25) is 22.6 Å². The van der Waals surface area contributed by atoms with Gasteiger partial charge in [0.05, 0.1) is 52.1 Å². The number of aryl methyl sites for hydroxylation is 4. The Kier molecular flexibility index (Phi) is 19.7. The van der Waals surface area contributed by atoms with Crippen molar-refractivity contribution in [3.05, 3.63) is 233 Å². The van der Waals surface area contributed by atoms with E-state index in [4.69, 9.17) is 39.3 Å². The van der Waals surface area contributed by atoms with Gasteiger partial charge in [-0.25, -0.2) is 61.2 Å². The van der Waals surface area contributed by atoms with Crippen LogP contribution in [0.3, 0.4) is 0 Å². The van der Waals surface area contributed by atoms with Crippen LogP contribution in [-0.2, 0) is 12.4 Å². The lowest BCUT2D eigenvalue weighted by molar-refractivity contribution is -0.141. The number of alkyl halides is 6. The van der Waals surface area contributed by atoms with Crippen molar-refractivity contribution in [1.82, 2.24) is 98.3 Å². The number of fused-ring (bicyclic) bond motifs is 4. The number of methoxy groups -OCH3 is 1. The van der Waals surface area contributed by atoms with Crippen molar-refractivity contribution in [3.63, 3.8) is 0 Å². The molecule has 4 aromatic carbocycles. The first-order valence-corrected chi connectivity index (χ1v) is 32.0. The van der Waals surface area contributed by atoms with Crippen LogP contribution in [0.5, 0.6) is 5.88 Å². The molecule has 550 valence electrons. The Morgan fingerprint density at radius 2 is 0.670 bits per heavy atom. The number of pyridine rings is 4. The van der Waals surface area contributed by atoms with Crippen molar-refractivity contribution in [2.75, 3.05) is 30.0 Å². The van der Waals surface area contributed by atoms with Crippen LogP contribution in [0.25, 0.3) is 112 Å². The third kappa shape index (κ3) is 15.0. The molecule has 0 fully saturated rings. The lowest BCUT2D eigenvalue weighted by atomic mass is 9.99. The van der Waals surface area contributed by atoms with Gasteiger partial charge < -0.3 is 27.7 Å². The van der Waals surface area contributed by atoms with E-state index < -0.39 is 63.8 Å². The summed E-state index contributed by atoms with van der Waals surface area (Å²) in [7, 11) is 1.50. The minimum atomic E-state index is -4.79. The van der Waals surface area contributed by atoms with Gasteiger partial charge >= 0.3 is 12.4 Å². The quantitative estimate of drug-likeness (QED) is 0.0770. The Morgan fingerprint density at radius 3 is 1.04 bits per heavy atom. The van der Waals surface area contributed by atoms with Crippen molar-refractivity contribution in [2.24, 2.45) is 0 Å². The first-order valence-electron chi connectivity index (χ1n) is 31.6. The molecule has 0 amide bonds. The van der Waals surface area contributed by atoms with Crippen LogP contribution in [-0.4, -0.2) is 105 Å². The highest BCUT2D eigenvalue weighted by Crippen LogP contribution is 2.43. The minimum absolute atomic E-state index is 0.00613. The van der Waals surface area contributed by atoms with Crippen molar-refractivity contribution in [1.29, 1.82) is 0 Å². The number of benzene rings is 4. The standard InChI is InChI=1S/C18H13F3N6.C18H14F2N6O.C18H14F2N6.C17H8ClF5N6/c1-10-7-12(8-13(24-10)18(19,20)21)14-15(11-5-3-2-4-6-11)25-17(22)27-9-23-26-16(14)27;1-9-5-10(6-14(23-9)27-2)15-16(12-4-3-11(19)7-13(12)20)24-18(21)26-8-22-25-17(15)26;1-9-5-11(6-10(2)23-9)15-16(13-4-3-12(19)7-14(13)20)24-18(21)26-8-22-25-17(15)26;18-12-4-7(3-11(26-12)17(21,22)23)13-14(9-2-1-8(19)5-10(9)20)27-16(24)29-6-25-28-15(13)29/h2-9H,1H3,(H2,22,25);3-8H,1-2H3,(H2,21,24);3-8H,1-2H3,(H2,21,24);1-6H,(H2,24,27). The zero-order chi connectivity index (χ0) is 77.7. The van der Waals surface area contributed by atoms with Crippen molar-refractivity contribution >= 4 is 58.0 Å². The molecule has 25 nitrogen and oxygen atoms in total. The van der Waals surface area contributed by atoms with E-state index in [-0.39, 0.29) is 80.0 Å². The summed E-state index contributed by atoms with van der Waals surface area (Å²) in [6.45, 7) is 7.03. The average molecular weight is 1520 g/mol. The summed E-state index contributed by atoms with van der Waals surface area (Å²) in [6.07, 6.45) is -3.94. The molecule has 0 aliphatic carbocycles. The molecule has 109 heavy (non-hydrogen) atoms. The molecule has 0 spiro atoms. The van der Waals surface area contributed by atoms with Gasteiger partial charge in [0.15, 0.2) is 22.6 Å². The van der Waals surface area contributed by atoms with Gasteiger partial charge in [0, 0.05) is 69.3 Å². The molecular formula is C71H49ClF12N24O. The van der Waals surface area contributed by atoms with Crippen LogP contribution < -0.4 is 27.7 Å². The maximum Gasteiger partial charge on any atom is 0.433 e. The van der Waals surface area contributed by atoms with E-state index in [2.05, 4.69) is 80.7 Å². The molecule has 0 radical (unpaired) electrons. The van der Waals surface area contributed by atoms with Gasteiger partial charge in [-0.1, -0.05) is 41.9 Å². The van der Waals surface area contributed by atoms with E-state index in [1.165, 1.54) is 75.1 Å². The van der Waals surface area contributed by atoms with Gasteiger partial charge in [-0.2, -0.15) is 26.3 Å². The summed E-state index contributed by atoms with van der Waals surface area (Å²) < 4.78 is 174. The highest BCUT2D eigenvalue weighted by molar-refractivity contribution is 6.29. The second-order valence-electron chi connectivity index (χ2n) is 23.7. The van der Waals surface area contributed by atoms with Crippen LogP contribution in [0.2, 0.25) is 5.15 Å². The van der Waals surface area contributed by atoms with Crippen LogP contribution in [0.4, 0.5) is 76.5 Å². The Hall–Kier alpha value is -13.9. The number of aromatic nitrogens is 20. The number of nitrogens with zero attached hydrogens (tertiary/aromatic N) is 20. The summed E-state index contributed by atoms with van der Waals surface area (Å²) in [5.74, 6) is -4.11. The zero-order valence-corrected chi connectivity index (χ0v) is 57.3. The molecule has 16 aromatic rings. The Balaban J connectivity index is 0.000000128. The SMILES string of the molecule is COc1cc(-c2c(-c3ccc(F)cc3F)nc(N)n3cnnc23)cc(C)n1.Cc1cc(-c2c(-c3ccc(F)cc3F)nc(N)n3cnnc23)cc(C)n1.Cc1cc(-c2c(-c3ccccc3)nc(N)n3cnnc23)cc(C(F)(F)F)n1.Nc1nc(-c2ccc(F)cc2F)c(-c2cc(Cl)nc(C(F)(F)F)c2)c2nncn12. The van der Waals surface area contributed by atoms with E-state index in [0.29, 0.717) is 73.7 Å². The average Bonchev–Trinajstić information content (AvgIpc) is 1.75. The number of rotatable bonds is 9. The Morgan fingerprint density at radius 1 is 0.349 bits per heavy atom. The first-order chi connectivity index (χ1) is 51.9. The fourth-order valence-electron chi connectivity index (χ4n) is 11.7. The maximum absolute atomic E-state index is 14.5. The second-order valence-corrected chi connectivity index (χ2v) is 24.1. The molecule has 12 heterocycles. The lowest BCUT2D eigenvalue weighted by Gasteiger charge is -2.14. The summed E-state index contributed by atoms with van der Waals surface area (Å²) in [5.41, 5.74) is 29.7. The van der Waals surface area contributed by atoms with Crippen LogP contribution in [0.1, 0.15) is 34.2 Å². The molecule has 8 N–H and O–H groups in total. The van der Waals surface area contributed by atoms with E-state index in [0.717, 1.165) is 65.5 Å². The van der Waals surface area contributed by atoms with E-state index in [1.807, 2.05) is 44.2 Å². The fourth-order valence-corrected chi connectivity index (χ4v) is 11.9. The topological polar surface area (TPSA) is 337 Å². The minimum Gasteiger partial charge on any atom is -0.481 e. The number of anilines is 4. The first kappa shape index (κ1) is 73.4. The molecule has 12 aromatic heterocycles. The Labute approximate surface area is 609 Å². The van der Waals surface area contributed by atoms with Crippen LogP contribution in [0, 0.1) is 62.6 Å². The molecular weight excluding hydrogens is 1470 g/mol. The number of ether oxygens (including phenoxy) is 1. The van der Waals surface area contributed by atoms with Gasteiger partial charge in [0.2, 0.25) is 29.7 Å². The van der Waals surface area contributed by atoms with Crippen molar-refractivity contribution in [3.8, 4) is 95.4 Å². The molecule has 38 heteroatoms. The van der Waals surface area contributed by atoms with Gasteiger partial charge in [0.25, 0.3) is 0 Å². The predicted octanol–water partition coefficient (Wildman–Crippen LogP) is 14.5. The molecule has 0 saturated carbocycles. The number of hydrogen-bond acceptors (Lipinski definition) is 21. The number of nitrogens with two attached hydrogens (primary N) is 4. The van der Waals surface area contributed by atoms with E-state index >= 15 is 0 Å². The highest BCUT2D eigenvalue weighted by atomic mass is 35.5.